The number of benzene rings is 2. The first-order chi connectivity index (χ1) is 13.7. The molecule has 3 rings (SSSR count). The van der Waals surface area contributed by atoms with Crippen LogP contribution in [0.25, 0.3) is 0 Å². The molecule has 0 heterocycles. The summed E-state index contributed by atoms with van der Waals surface area (Å²) >= 11 is 0. The highest BCUT2D eigenvalue weighted by molar-refractivity contribution is 6.99. The zero-order valence-electron chi connectivity index (χ0n) is 18.0. The van der Waals surface area contributed by atoms with Crippen LogP contribution in [0.3, 0.4) is 0 Å². The maximum atomic E-state index is 11.2. The van der Waals surface area contributed by atoms with Crippen LogP contribution in [-0.2, 0) is 14.0 Å². The van der Waals surface area contributed by atoms with E-state index in [0.717, 1.165) is 6.42 Å². The Bertz CT molecular complexity index is 802. The van der Waals surface area contributed by atoms with E-state index in [4.69, 9.17) is 9.16 Å². The Morgan fingerprint density at radius 2 is 1.62 bits per heavy atom. The van der Waals surface area contributed by atoms with Gasteiger partial charge in [0.25, 0.3) is 8.32 Å². The summed E-state index contributed by atoms with van der Waals surface area (Å²) in [6.07, 6.45) is 2.95. The first kappa shape index (κ1) is 21.5. The topological polar surface area (TPSA) is 35.5 Å². The Kier molecular flexibility index (Phi) is 6.15. The third kappa shape index (κ3) is 4.24. The lowest BCUT2D eigenvalue weighted by atomic mass is 10.1. The van der Waals surface area contributed by atoms with E-state index in [9.17, 15) is 4.79 Å². The molecule has 29 heavy (non-hydrogen) atoms. The molecule has 154 valence electrons. The molecule has 0 saturated heterocycles. The second-order valence-electron chi connectivity index (χ2n) is 9.09. The van der Waals surface area contributed by atoms with Gasteiger partial charge in [0.2, 0.25) is 0 Å². The minimum absolute atomic E-state index is 0.0572. The average molecular weight is 409 g/mol. The molecule has 0 spiro atoms. The summed E-state index contributed by atoms with van der Waals surface area (Å²) < 4.78 is 12.3. The van der Waals surface area contributed by atoms with Crippen LogP contribution in [0, 0.1) is 11.3 Å². The fourth-order valence-electron chi connectivity index (χ4n) is 4.33. The minimum Gasteiger partial charge on any atom is -0.466 e. The van der Waals surface area contributed by atoms with Crippen LogP contribution >= 0.6 is 0 Å². The quantitative estimate of drug-likeness (QED) is 0.371. The lowest BCUT2D eigenvalue weighted by Crippen LogP contribution is -2.67. The lowest BCUT2D eigenvalue weighted by molar-refractivity contribution is -0.141. The monoisotopic (exact) mass is 408 g/mol. The van der Waals surface area contributed by atoms with E-state index < -0.39 is 8.32 Å². The van der Waals surface area contributed by atoms with Crippen molar-refractivity contribution in [1.29, 1.82) is 0 Å². The fourth-order valence-corrected chi connectivity index (χ4v) is 8.97. The van der Waals surface area contributed by atoms with Gasteiger partial charge in [0.1, 0.15) is 0 Å². The van der Waals surface area contributed by atoms with Gasteiger partial charge < -0.3 is 9.16 Å². The third-order valence-corrected chi connectivity index (χ3v) is 11.1. The molecule has 2 aromatic rings. The molecule has 1 aliphatic carbocycles. The summed E-state index contributed by atoms with van der Waals surface area (Å²) in [5.74, 6) is 0.0462. The van der Waals surface area contributed by atoms with E-state index in [0.29, 0.717) is 13.2 Å². The van der Waals surface area contributed by atoms with Crippen molar-refractivity contribution in [1.82, 2.24) is 0 Å². The van der Waals surface area contributed by atoms with Crippen molar-refractivity contribution in [2.45, 2.75) is 39.2 Å². The zero-order chi connectivity index (χ0) is 21.1. The molecule has 1 fully saturated rings. The van der Waals surface area contributed by atoms with Crippen LogP contribution in [0.5, 0.6) is 0 Å². The number of esters is 1. The second kappa shape index (κ2) is 8.29. The van der Waals surface area contributed by atoms with Crippen LogP contribution < -0.4 is 10.4 Å². The lowest BCUT2D eigenvalue weighted by Gasteiger charge is -2.43. The molecule has 0 aliphatic heterocycles. The van der Waals surface area contributed by atoms with Gasteiger partial charge in [-0.1, -0.05) is 87.5 Å². The smallest absolute Gasteiger partial charge is 0.302 e. The molecular weight excluding hydrogens is 376 g/mol. The molecule has 0 unspecified atom stereocenters. The fraction of sp³-hybridized carbons (Fsp3) is 0.400. The first-order valence-corrected chi connectivity index (χ1v) is 12.2. The minimum atomic E-state index is -2.57. The number of hydrogen-bond donors (Lipinski definition) is 0. The van der Waals surface area contributed by atoms with E-state index in [-0.39, 0.29) is 22.3 Å². The van der Waals surface area contributed by atoms with E-state index in [1.165, 1.54) is 17.3 Å². The maximum absolute atomic E-state index is 11.2. The zero-order valence-corrected chi connectivity index (χ0v) is 19.0. The molecule has 2 atom stereocenters. The Morgan fingerprint density at radius 3 is 2.03 bits per heavy atom. The Morgan fingerprint density at radius 1 is 1.10 bits per heavy atom. The molecule has 0 amide bonds. The molecule has 1 saturated carbocycles. The van der Waals surface area contributed by atoms with Gasteiger partial charge in [0.15, 0.2) is 0 Å². The average Bonchev–Trinajstić information content (AvgIpc) is 3.41. The predicted molar refractivity (Wildman–Crippen MR) is 121 cm³/mol. The molecule has 2 aromatic carbocycles. The molecule has 4 heteroatoms. The van der Waals surface area contributed by atoms with Crippen LogP contribution in [0.2, 0.25) is 5.04 Å². The summed E-state index contributed by atoms with van der Waals surface area (Å²) in [5.41, 5.74) is -0.123. The van der Waals surface area contributed by atoms with Gasteiger partial charge in [0.05, 0.1) is 6.61 Å². The van der Waals surface area contributed by atoms with Gasteiger partial charge in [-0.05, 0) is 21.8 Å². The highest BCUT2D eigenvalue weighted by atomic mass is 28.4. The van der Waals surface area contributed by atoms with Crippen molar-refractivity contribution in [3.8, 4) is 0 Å². The van der Waals surface area contributed by atoms with Crippen LogP contribution in [0.4, 0.5) is 0 Å². The van der Waals surface area contributed by atoms with E-state index >= 15 is 0 Å². The summed E-state index contributed by atoms with van der Waals surface area (Å²) in [5, 5.41) is 2.49. The molecule has 0 radical (unpaired) electrons. The Labute approximate surface area is 175 Å². The van der Waals surface area contributed by atoms with E-state index in [1.807, 2.05) is 6.08 Å². The summed E-state index contributed by atoms with van der Waals surface area (Å²) in [6.45, 7) is 13.4. The Hall–Kier alpha value is -2.17. The van der Waals surface area contributed by atoms with Gasteiger partial charge in [-0.15, -0.1) is 6.58 Å². The van der Waals surface area contributed by atoms with Crippen LogP contribution in [0.1, 0.15) is 34.1 Å². The SMILES string of the molecule is C=C[C@@]1(CO[Si](c2ccccc2)(c2ccccc2)C(C)(C)C)C[C@H]1COC(C)=O. The highest BCUT2D eigenvalue weighted by Gasteiger charge is 2.56. The summed E-state index contributed by atoms with van der Waals surface area (Å²) in [7, 11) is -2.57. The number of carbonyl (C=O) groups excluding carboxylic acids is 1. The molecular formula is C25H32O3Si. The van der Waals surface area contributed by atoms with Gasteiger partial charge in [-0.3, -0.25) is 4.79 Å². The molecule has 1 aliphatic rings. The number of hydrogen-bond acceptors (Lipinski definition) is 3. The van der Waals surface area contributed by atoms with Gasteiger partial charge in [-0.25, -0.2) is 0 Å². The van der Waals surface area contributed by atoms with Crippen molar-refractivity contribution in [3.63, 3.8) is 0 Å². The van der Waals surface area contributed by atoms with Crippen molar-refractivity contribution in [3.05, 3.63) is 73.3 Å². The maximum Gasteiger partial charge on any atom is 0.302 e. The van der Waals surface area contributed by atoms with Crippen molar-refractivity contribution in [2.75, 3.05) is 13.2 Å². The van der Waals surface area contributed by atoms with Gasteiger partial charge >= 0.3 is 5.97 Å². The predicted octanol–water partition coefficient (Wildman–Crippen LogP) is 4.32. The molecule has 3 nitrogen and oxygen atoms in total. The molecule has 0 aromatic heterocycles. The number of ether oxygens (including phenoxy) is 1. The second-order valence-corrected chi connectivity index (χ2v) is 13.4. The van der Waals surface area contributed by atoms with Gasteiger partial charge in [-0.2, -0.15) is 0 Å². The number of rotatable bonds is 8. The van der Waals surface area contributed by atoms with Crippen molar-refractivity contribution < 1.29 is 14.0 Å². The normalized spacial score (nSPS) is 21.4. The summed E-state index contributed by atoms with van der Waals surface area (Å²) in [4.78, 5) is 11.2. The van der Waals surface area contributed by atoms with Crippen LogP contribution in [0.15, 0.2) is 73.3 Å². The van der Waals surface area contributed by atoms with E-state index in [2.05, 4.69) is 88.0 Å². The Balaban J connectivity index is 1.97. The van der Waals surface area contributed by atoms with E-state index in [1.54, 1.807) is 0 Å². The summed E-state index contributed by atoms with van der Waals surface area (Å²) in [6, 6.07) is 21.3. The third-order valence-electron chi connectivity index (χ3n) is 6.15. The number of carbonyl (C=O) groups is 1. The van der Waals surface area contributed by atoms with Gasteiger partial charge in [0, 0.05) is 24.9 Å². The standard InChI is InChI=1S/C25H32O3Si/c1-6-25(17-21(25)18-27-20(2)26)19-28-29(24(3,4)5,22-13-9-7-10-14-22)23-15-11-8-12-16-23/h6-16,21H,1,17-19H2,2-5H3/t21-,25-/m0/s1. The molecule has 0 N–H and O–H groups in total. The molecule has 0 bridgehead atoms. The van der Waals surface area contributed by atoms with Crippen molar-refractivity contribution in [2.24, 2.45) is 11.3 Å². The van der Waals surface area contributed by atoms with Crippen molar-refractivity contribution >= 4 is 24.7 Å². The largest absolute Gasteiger partial charge is 0.466 e. The first-order valence-electron chi connectivity index (χ1n) is 10.3. The van der Waals surface area contributed by atoms with Crippen LogP contribution in [-0.4, -0.2) is 27.5 Å². The highest BCUT2D eigenvalue weighted by Crippen LogP contribution is 2.54.